The molecule has 1 aliphatic rings. The van der Waals surface area contributed by atoms with Crippen molar-refractivity contribution in [2.24, 2.45) is 4.99 Å². The molecule has 2 aromatic carbocycles. The predicted octanol–water partition coefficient (Wildman–Crippen LogP) is 3.53. The number of esters is 1. The molecule has 0 atom stereocenters. The zero-order valence-corrected chi connectivity index (χ0v) is 13.6. The number of cyclic esters (lactones) is 1. The van der Waals surface area contributed by atoms with E-state index in [2.05, 4.69) is 10.1 Å². The average Bonchev–Trinajstić information content (AvgIpc) is 3.24. The minimum absolute atomic E-state index is 0.269. The Labute approximate surface area is 144 Å². The molecule has 0 N–H and O–H groups in total. The fourth-order valence-electron chi connectivity index (χ4n) is 2.63. The van der Waals surface area contributed by atoms with Gasteiger partial charge in [-0.05, 0) is 36.8 Å². The number of hydrogen-bond acceptors (Lipinski definition) is 4. The van der Waals surface area contributed by atoms with Crippen molar-refractivity contribution in [2.45, 2.75) is 6.92 Å². The summed E-state index contributed by atoms with van der Waals surface area (Å²) < 4.78 is 7.07. The Hall–Kier alpha value is -3.47. The third kappa shape index (κ3) is 2.99. The SMILES string of the molecule is Cc1ccccc1C1=N/C(=C\c2cnn(-c3ccccc3)c2)C(=O)O1. The van der Waals surface area contributed by atoms with Crippen LogP contribution in [0.4, 0.5) is 0 Å². The lowest BCUT2D eigenvalue weighted by Crippen LogP contribution is -2.06. The molecule has 4 rings (SSSR count). The van der Waals surface area contributed by atoms with Crippen molar-refractivity contribution in [2.75, 3.05) is 0 Å². The van der Waals surface area contributed by atoms with Crippen LogP contribution in [0, 0.1) is 6.92 Å². The zero-order valence-electron chi connectivity index (χ0n) is 13.6. The lowest BCUT2D eigenvalue weighted by Gasteiger charge is -2.02. The quantitative estimate of drug-likeness (QED) is 0.546. The summed E-state index contributed by atoms with van der Waals surface area (Å²) in [4.78, 5) is 16.5. The molecule has 0 amide bonds. The monoisotopic (exact) mass is 329 g/mol. The van der Waals surface area contributed by atoms with E-state index in [0.717, 1.165) is 22.4 Å². The van der Waals surface area contributed by atoms with E-state index in [-0.39, 0.29) is 5.70 Å². The van der Waals surface area contributed by atoms with E-state index in [1.165, 1.54) is 0 Å². The second kappa shape index (κ2) is 6.20. The first-order valence-corrected chi connectivity index (χ1v) is 7.89. The summed E-state index contributed by atoms with van der Waals surface area (Å²) in [5.41, 5.74) is 3.83. The van der Waals surface area contributed by atoms with Gasteiger partial charge in [0.25, 0.3) is 0 Å². The first-order valence-electron chi connectivity index (χ1n) is 7.89. The maximum Gasteiger partial charge on any atom is 0.363 e. The summed E-state index contributed by atoms with van der Waals surface area (Å²) in [6, 6.07) is 17.4. The molecule has 5 nitrogen and oxygen atoms in total. The molecule has 0 unspecified atom stereocenters. The molecule has 122 valence electrons. The molecule has 0 aliphatic carbocycles. The summed E-state index contributed by atoms with van der Waals surface area (Å²) >= 11 is 0. The van der Waals surface area contributed by atoms with Crippen molar-refractivity contribution in [3.05, 3.63) is 89.4 Å². The van der Waals surface area contributed by atoms with E-state index >= 15 is 0 Å². The number of carbonyl (C=O) groups is 1. The molecule has 0 saturated carbocycles. The van der Waals surface area contributed by atoms with Crippen LogP contribution in [0.5, 0.6) is 0 Å². The molecule has 1 aromatic heterocycles. The Kier molecular flexibility index (Phi) is 3.74. The lowest BCUT2D eigenvalue weighted by atomic mass is 10.1. The van der Waals surface area contributed by atoms with Crippen LogP contribution in [0.15, 0.2) is 77.7 Å². The molecule has 2 heterocycles. The van der Waals surface area contributed by atoms with E-state index in [0.29, 0.717) is 5.90 Å². The van der Waals surface area contributed by atoms with Gasteiger partial charge < -0.3 is 4.74 Å². The summed E-state index contributed by atoms with van der Waals surface area (Å²) in [6.45, 7) is 1.96. The van der Waals surface area contributed by atoms with E-state index in [1.807, 2.05) is 67.7 Å². The number of rotatable bonds is 3. The van der Waals surface area contributed by atoms with Crippen LogP contribution < -0.4 is 0 Å². The number of para-hydroxylation sites is 1. The van der Waals surface area contributed by atoms with Crippen LogP contribution in [0.25, 0.3) is 11.8 Å². The number of ether oxygens (including phenoxy) is 1. The number of aromatic nitrogens is 2. The average molecular weight is 329 g/mol. The van der Waals surface area contributed by atoms with Crippen molar-refractivity contribution >= 4 is 17.9 Å². The van der Waals surface area contributed by atoms with Gasteiger partial charge in [0.15, 0.2) is 5.70 Å². The number of aliphatic imine (C=N–C) groups is 1. The molecule has 3 aromatic rings. The summed E-state index contributed by atoms with van der Waals surface area (Å²) in [5.74, 6) is -0.115. The largest absolute Gasteiger partial charge is 0.402 e. The van der Waals surface area contributed by atoms with E-state index < -0.39 is 5.97 Å². The van der Waals surface area contributed by atoms with Gasteiger partial charge in [0.2, 0.25) is 5.90 Å². The number of nitrogens with zero attached hydrogens (tertiary/aromatic N) is 3. The van der Waals surface area contributed by atoms with Gasteiger partial charge >= 0.3 is 5.97 Å². The molecule has 25 heavy (non-hydrogen) atoms. The molecule has 0 radical (unpaired) electrons. The van der Waals surface area contributed by atoms with Crippen molar-refractivity contribution in [3.63, 3.8) is 0 Å². The molecule has 1 aliphatic heterocycles. The number of carbonyl (C=O) groups excluding carboxylic acids is 1. The first-order chi connectivity index (χ1) is 12.2. The fourth-order valence-corrected chi connectivity index (χ4v) is 2.63. The van der Waals surface area contributed by atoms with Gasteiger partial charge in [-0.3, -0.25) is 0 Å². The standard InChI is InChI=1S/C20H15N3O2/c1-14-7-5-6-10-17(14)19-22-18(20(24)25-19)11-15-12-21-23(13-15)16-8-3-2-4-9-16/h2-13H,1H3/b18-11-. The van der Waals surface area contributed by atoms with Crippen molar-refractivity contribution in [1.29, 1.82) is 0 Å². The Bertz CT molecular complexity index is 1000. The number of hydrogen-bond donors (Lipinski definition) is 0. The normalized spacial score (nSPS) is 15.3. The van der Waals surface area contributed by atoms with Gasteiger partial charge in [0.1, 0.15) is 0 Å². The topological polar surface area (TPSA) is 56.5 Å². The number of benzene rings is 2. The zero-order chi connectivity index (χ0) is 17.2. The Morgan fingerprint density at radius 3 is 2.60 bits per heavy atom. The second-order valence-electron chi connectivity index (χ2n) is 5.70. The maximum absolute atomic E-state index is 12.1. The smallest absolute Gasteiger partial charge is 0.363 e. The summed E-state index contributed by atoms with van der Waals surface area (Å²) in [7, 11) is 0. The molecule has 0 spiro atoms. The molecular weight excluding hydrogens is 314 g/mol. The van der Waals surface area contributed by atoms with Gasteiger partial charge in [-0.2, -0.15) is 5.10 Å². The van der Waals surface area contributed by atoms with Crippen molar-refractivity contribution < 1.29 is 9.53 Å². The first kappa shape index (κ1) is 15.1. The van der Waals surface area contributed by atoms with Gasteiger partial charge in [-0.25, -0.2) is 14.5 Å². The summed E-state index contributed by atoms with van der Waals surface area (Å²) in [5, 5.41) is 4.32. The van der Waals surface area contributed by atoms with Crippen LogP contribution in [0.1, 0.15) is 16.7 Å². The highest BCUT2D eigenvalue weighted by Crippen LogP contribution is 2.21. The number of aryl methyl sites for hydroxylation is 1. The van der Waals surface area contributed by atoms with Gasteiger partial charge in [-0.1, -0.05) is 36.4 Å². The van der Waals surface area contributed by atoms with Crippen molar-refractivity contribution in [3.8, 4) is 5.69 Å². The van der Waals surface area contributed by atoms with Gasteiger partial charge in [-0.15, -0.1) is 0 Å². The van der Waals surface area contributed by atoms with Crippen LogP contribution in [0.2, 0.25) is 0 Å². The molecule has 0 bridgehead atoms. The highest BCUT2D eigenvalue weighted by atomic mass is 16.6. The minimum Gasteiger partial charge on any atom is -0.402 e. The molecular formula is C20H15N3O2. The highest BCUT2D eigenvalue weighted by Gasteiger charge is 2.25. The Balaban J connectivity index is 1.65. The van der Waals surface area contributed by atoms with E-state index in [1.54, 1.807) is 17.0 Å². The van der Waals surface area contributed by atoms with Crippen LogP contribution in [0.3, 0.4) is 0 Å². The van der Waals surface area contributed by atoms with E-state index in [9.17, 15) is 4.79 Å². The Morgan fingerprint density at radius 2 is 1.80 bits per heavy atom. The molecule has 0 saturated heterocycles. The molecule has 5 heteroatoms. The van der Waals surface area contributed by atoms with Crippen molar-refractivity contribution in [1.82, 2.24) is 9.78 Å². The third-order valence-electron chi connectivity index (χ3n) is 3.92. The second-order valence-corrected chi connectivity index (χ2v) is 5.70. The van der Waals surface area contributed by atoms with Gasteiger partial charge in [0.05, 0.1) is 11.9 Å². The lowest BCUT2D eigenvalue weighted by molar-refractivity contribution is -0.129. The third-order valence-corrected chi connectivity index (χ3v) is 3.92. The predicted molar refractivity (Wildman–Crippen MR) is 95.3 cm³/mol. The molecule has 0 fully saturated rings. The van der Waals surface area contributed by atoms with Crippen LogP contribution in [-0.4, -0.2) is 21.6 Å². The maximum atomic E-state index is 12.1. The van der Waals surface area contributed by atoms with E-state index in [4.69, 9.17) is 4.74 Å². The fraction of sp³-hybridized carbons (Fsp3) is 0.0500. The Morgan fingerprint density at radius 1 is 1.04 bits per heavy atom. The van der Waals surface area contributed by atoms with Gasteiger partial charge in [0, 0.05) is 17.3 Å². The minimum atomic E-state index is -0.453. The highest BCUT2D eigenvalue weighted by molar-refractivity contribution is 6.13. The summed E-state index contributed by atoms with van der Waals surface area (Å²) in [6.07, 6.45) is 5.21. The van der Waals surface area contributed by atoms with Crippen LogP contribution >= 0.6 is 0 Å². The van der Waals surface area contributed by atoms with Crippen LogP contribution in [-0.2, 0) is 9.53 Å².